The Morgan fingerprint density at radius 1 is 1.47 bits per heavy atom. The average molecular weight is 288 g/mol. The minimum atomic E-state index is -2.97. The summed E-state index contributed by atoms with van der Waals surface area (Å²) in [6.45, 7) is 8.01. The second-order valence-corrected chi connectivity index (χ2v) is 8.52. The summed E-state index contributed by atoms with van der Waals surface area (Å²) in [5.41, 5.74) is -0.554. The Balaban J connectivity index is 2.29. The molecule has 2 aliphatic heterocycles. The fraction of sp³-hybridized carbons (Fsp3) is 0.923. The fourth-order valence-corrected chi connectivity index (χ4v) is 4.71. The van der Waals surface area contributed by atoms with Gasteiger partial charge in [-0.05, 0) is 25.7 Å². The van der Waals surface area contributed by atoms with E-state index in [-0.39, 0.29) is 35.5 Å². The SMILES string of the molecule is CCC1(C)NC(C(C)C)N(C2CCS(=O)(=O)C2)C1=O. The van der Waals surface area contributed by atoms with Crippen molar-refractivity contribution in [1.82, 2.24) is 10.2 Å². The van der Waals surface area contributed by atoms with Crippen molar-refractivity contribution in [3.63, 3.8) is 0 Å². The molecule has 0 radical (unpaired) electrons. The van der Waals surface area contributed by atoms with E-state index in [2.05, 4.69) is 19.2 Å². The molecular formula is C13H24N2O3S. The van der Waals surface area contributed by atoms with Crippen molar-refractivity contribution in [2.75, 3.05) is 11.5 Å². The van der Waals surface area contributed by atoms with Crippen LogP contribution in [0.3, 0.4) is 0 Å². The summed E-state index contributed by atoms with van der Waals surface area (Å²) in [6.07, 6.45) is 1.22. The molecule has 0 saturated carbocycles. The molecule has 1 N–H and O–H groups in total. The third-order valence-corrected chi connectivity index (χ3v) is 6.16. The highest BCUT2D eigenvalue weighted by Crippen LogP contribution is 2.32. The number of rotatable bonds is 3. The van der Waals surface area contributed by atoms with Crippen molar-refractivity contribution in [1.29, 1.82) is 0 Å². The quantitative estimate of drug-likeness (QED) is 0.832. The van der Waals surface area contributed by atoms with E-state index < -0.39 is 15.4 Å². The van der Waals surface area contributed by atoms with Crippen molar-refractivity contribution in [3.8, 4) is 0 Å². The van der Waals surface area contributed by atoms with Crippen LogP contribution in [0.25, 0.3) is 0 Å². The molecule has 2 saturated heterocycles. The molecule has 5 nitrogen and oxygen atoms in total. The first-order chi connectivity index (χ1) is 8.70. The van der Waals surface area contributed by atoms with Gasteiger partial charge in [0.25, 0.3) is 0 Å². The van der Waals surface area contributed by atoms with E-state index in [1.807, 2.05) is 13.8 Å². The van der Waals surface area contributed by atoms with Gasteiger partial charge in [0.15, 0.2) is 9.84 Å². The summed E-state index contributed by atoms with van der Waals surface area (Å²) in [5.74, 6) is 0.634. The molecule has 2 fully saturated rings. The first kappa shape index (κ1) is 14.8. The minimum Gasteiger partial charge on any atom is -0.321 e. The van der Waals surface area contributed by atoms with Gasteiger partial charge in [-0.1, -0.05) is 20.8 Å². The Labute approximate surface area is 115 Å². The summed E-state index contributed by atoms with van der Waals surface area (Å²) < 4.78 is 23.3. The van der Waals surface area contributed by atoms with Gasteiger partial charge in [-0.3, -0.25) is 10.1 Å². The highest BCUT2D eigenvalue weighted by molar-refractivity contribution is 7.91. The van der Waals surface area contributed by atoms with Crippen molar-refractivity contribution in [2.24, 2.45) is 5.92 Å². The van der Waals surface area contributed by atoms with Gasteiger partial charge in [-0.15, -0.1) is 0 Å². The third-order valence-electron chi connectivity index (χ3n) is 4.41. The molecule has 19 heavy (non-hydrogen) atoms. The van der Waals surface area contributed by atoms with E-state index in [1.54, 1.807) is 4.90 Å². The van der Waals surface area contributed by atoms with Gasteiger partial charge in [0.05, 0.1) is 23.2 Å². The van der Waals surface area contributed by atoms with E-state index in [0.29, 0.717) is 12.8 Å². The molecule has 2 rings (SSSR count). The second-order valence-electron chi connectivity index (χ2n) is 6.29. The maximum absolute atomic E-state index is 12.6. The van der Waals surface area contributed by atoms with Gasteiger partial charge in [0.1, 0.15) is 0 Å². The molecule has 2 heterocycles. The minimum absolute atomic E-state index is 0.0517. The van der Waals surface area contributed by atoms with E-state index in [4.69, 9.17) is 0 Å². The summed E-state index contributed by atoms with van der Waals surface area (Å²) >= 11 is 0. The van der Waals surface area contributed by atoms with Crippen LogP contribution in [0.4, 0.5) is 0 Å². The van der Waals surface area contributed by atoms with Crippen LogP contribution in [-0.4, -0.2) is 48.5 Å². The Bertz CT molecular complexity index is 474. The number of carbonyl (C=O) groups excluding carboxylic acids is 1. The Morgan fingerprint density at radius 2 is 2.11 bits per heavy atom. The van der Waals surface area contributed by atoms with Crippen LogP contribution >= 0.6 is 0 Å². The average Bonchev–Trinajstić information content (AvgIpc) is 2.79. The largest absolute Gasteiger partial charge is 0.321 e. The summed E-state index contributed by atoms with van der Waals surface area (Å²) in [7, 11) is -2.97. The first-order valence-corrected chi connectivity index (χ1v) is 8.83. The summed E-state index contributed by atoms with van der Waals surface area (Å²) in [5, 5.41) is 3.40. The Hall–Kier alpha value is -0.620. The maximum Gasteiger partial charge on any atom is 0.244 e. The molecular weight excluding hydrogens is 264 g/mol. The van der Waals surface area contributed by atoms with Crippen molar-refractivity contribution < 1.29 is 13.2 Å². The Kier molecular flexibility index (Phi) is 3.68. The van der Waals surface area contributed by atoms with E-state index in [0.717, 1.165) is 0 Å². The normalized spacial score (nSPS) is 38.4. The maximum atomic E-state index is 12.6. The molecule has 6 heteroatoms. The fourth-order valence-electron chi connectivity index (χ4n) is 3.00. The van der Waals surface area contributed by atoms with Crippen LogP contribution in [0.15, 0.2) is 0 Å². The van der Waals surface area contributed by atoms with E-state index >= 15 is 0 Å². The zero-order chi connectivity index (χ0) is 14.4. The molecule has 0 aromatic rings. The predicted octanol–water partition coefficient (Wildman–Crippen LogP) is 0.756. The number of amides is 1. The number of sulfone groups is 1. The summed E-state index contributed by atoms with van der Waals surface area (Å²) in [4.78, 5) is 14.4. The zero-order valence-electron chi connectivity index (χ0n) is 12.1. The van der Waals surface area contributed by atoms with Crippen LogP contribution in [0, 0.1) is 5.92 Å². The van der Waals surface area contributed by atoms with Crippen molar-refractivity contribution >= 4 is 15.7 Å². The monoisotopic (exact) mass is 288 g/mol. The molecule has 0 bridgehead atoms. The Morgan fingerprint density at radius 3 is 2.53 bits per heavy atom. The van der Waals surface area contributed by atoms with Gasteiger partial charge in [0, 0.05) is 6.04 Å². The molecule has 0 aromatic heterocycles. The number of hydrogen-bond donors (Lipinski definition) is 1. The standard InChI is InChI=1S/C13H24N2O3S/c1-5-13(4)12(16)15(11(14-13)9(2)3)10-6-7-19(17,18)8-10/h9-11,14H,5-8H2,1-4H3. The predicted molar refractivity (Wildman–Crippen MR) is 74.4 cm³/mol. The number of nitrogens with one attached hydrogen (secondary N) is 1. The van der Waals surface area contributed by atoms with Gasteiger partial charge in [-0.2, -0.15) is 0 Å². The highest BCUT2D eigenvalue weighted by atomic mass is 32.2. The smallest absolute Gasteiger partial charge is 0.244 e. The first-order valence-electron chi connectivity index (χ1n) is 7.01. The van der Waals surface area contributed by atoms with Crippen LogP contribution in [0.5, 0.6) is 0 Å². The van der Waals surface area contributed by atoms with E-state index in [9.17, 15) is 13.2 Å². The second kappa shape index (κ2) is 4.74. The lowest BCUT2D eigenvalue weighted by Gasteiger charge is -2.31. The third kappa shape index (κ3) is 2.52. The van der Waals surface area contributed by atoms with Gasteiger partial charge < -0.3 is 4.90 Å². The molecule has 1 amide bonds. The highest BCUT2D eigenvalue weighted by Gasteiger charge is 2.51. The van der Waals surface area contributed by atoms with Crippen molar-refractivity contribution in [2.45, 2.75) is 58.3 Å². The number of nitrogens with zero attached hydrogens (tertiary/aromatic N) is 1. The molecule has 0 spiro atoms. The zero-order valence-corrected chi connectivity index (χ0v) is 13.0. The molecule has 0 aliphatic carbocycles. The summed E-state index contributed by atoms with van der Waals surface area (Å²) in [6, 6.07) is -0.161. The topological polar surface area (TPSA) is 66.5 Å². The van der Waals surface area contributed by atoms with E-state index in [1.165, 1.54) is 0 Å². The van der Waals surface area contributed by atoms with Gasteiger partial charge in [0.2, 0.25) is 5.91 Å². The molecule has 3 atom stereocenters. The lowest BCUT2D eigenvalue weighted by atomic mass is 9.99. The molecule has 3 unspecified atom stereocenters. The van der Waals surface area contributed by atoms with Crippen LogP contribution in [0.2, 0.25) is 0 Å². The van der Waals surface area contributed by atoms with Crippen molar-refractivity contribution in [3.05, 3.63) is 0 Å². The molecule has 110 valence electrons. The molecule has 0 aromatic carbocycles. The number of carbonyl (C=O) groups is 1. The van der Waals surface area contributed by atoms with Crippen LogP contribution in [0.1, 0.15) is 40.5 Å². The lowest BCUT2D eigenvalue weighted by molar-refractivity contribution is -0.135. The number of hydrogen-bond acceptors (Lipinski definition) is 4. The lowest BCUT2D eigenvalue weighted by Crippen LogP contribution is -2.47. The van der Waals surface area contributed by atoms with Gasteiger partial charge in [-0.25, -0.2) is 8.42 Å². The van der Waals surface area contributed by atoms with Crippen LogP contribution in [-0.2, 0) is 14.6 Å². The molecule has 2 aliphatic rings. The van der Waals surface area contributed by atoms with Crippen LogP contribution < -0.4 is 5.32 Å². The van der Waals surface area contributed by atoms with Gasteiger partial charge >= 0.3 is 0 Å².